The van der Waals surface area contributed by atoms with Crippen molar-refractivity contribution in [1.82, 2.24) is 15.8 Å². The predicted molar refractivity (Wildman–Crippen MR) is 117 cm³/mol. The van der Waals surface area contributed by atoms with Gasteiger partial charge >= 0.3 is 0 Å². The van der Waals surface area contributed by atoms with Gasteiger partial charge in [0.15, 0.2) is 0 Å². The first-order valence-corrected chi connectivity index (χ1v) is 10.8. The topological polar surface area (TPSA) is 70.4 Å². The molecule has 1 amide bonds. The molecule has 4 rings (SSSR count). The fourth-order valence-corrected chi connectivity index (χ4v) is 4.56. The van der Waals surface area contributed by atoms with Crippen LogP contribution in [0, 0.1) is 11.8 Å². The van der Waals surface area contributed by atoms with E-state index in [0.29, 0.717) is 12.0 Å². The molecule has 0 spiro atoms. The van der Waals surface area contributed by atoms with Crippen LogP contribution in [0.25, 0.3) is 11.1 Å². The van der Waals surface area contributed by atoms with Gasteiger partial charge in [0.25, 0.3) is 0 Å². The molecule has 5 atom stereocenters. The van der Waals surface area contributed by atoms with Crippen molar-refractivity contribution in [3.05, 3.63) is 60.2 Å². The van der Waals surface area contributed by atoms with Gasteiger partial charge in [-0.25, -0.2) is 5.43 Å². The van der Waals surface area contributed by atoms with Crippen LogP contribution in [0.15, 0.2) is 54.6 Å². The van der Waals surface area contributed by atoms with E-state index in [2.05, 4.69) is 73.2 Å². The van der Waals surface area contributed by atoms with Crippen molar-refractivity contribution in [1.29, 1.82) is 0 Å². The maximum atomic E-state index is 12.9. The molecule has 0 saturated carbocycles. The normalized spacial score (nSPS) is 26.0. The van der Waals surface area contributed by atoms with Crippen LogP contribution >= 0.6 is 0 Å². The first kappa shape index (κ1) is 20.1. The highest BCUT2D eigenvalue weighted by Gasteiger charge is 2.42. The van der Waals surface area contributed by atoms with Gasteiger partial charge in [0, 0.05) is 25.0 Å². The summed E-state index contributed by atoms with van der Waals surface area (Å²) < 4.78 is 0. The van der Waals surface area contributed by atoms with Crippen LogP contribution in [-0.4, -0.2) is 36.0 Å². The molecule has 29 heavy (non-hydrogen) atoms. The minimum absolute atomic E-state index is 0.0999. The van der Waals surface area contributed by atoms with Crippen molar-refractivity contribution in [3.8, 4) is 11.1 Å². The minimum atomic E-state index is -0.400. The molecular weight excluding hydrogens is 360 g/mol. The molecule has 5 nitrogen and oxygen atoms in total. The lowest BCUT2D eigenvalue weighted by molar-refractivity contribution is -0.135. The van der Waals surface area contributed by atoms with Crippen LogP contribution in [0.1, 0.15) is 38.3 Å². The molecule has 0 aliphatic carbocycles. The number of likely N-dealkylation sites (tertiary alicyclic amines) is 1. The number of nitrogens with two attached hydrogens (primary N) is 1. The summed E-state index contributed by atoms with van der Waals surface area (Å²) in [5.41, 5.74) is 16.9. The fraction of sp³-hybridized carbons (Fsp3) is 0.458. The third-order valence-electron chi connectivity index (χ3n) is 6.74. The SMILES string of the molecule is CC[C@@H](C)[C@@H](N)C(=O)N1CCC2NNC(c3ccc(-c4ccccc4)cc3)C2C1. The number of amides is 1. The smallest absolute Gasteiger partial charge is 0.239 e. The van der Waals surface area contributed by atoms with E-state index in [9.17, 15) is 4.79 Å². The van der Waals surface area contributed by atoms with Gasteiger partial charge in [-0.1, -0.05) is 74.9 Å². The number of carbonyl (C=O) groups is 1. The van der Waals surface area contributed by atoms with Crippen molar-refractivity contribution in [3.63, 3.8) is 0 Å². The maximum absolute atomic E-state index is 12.9. The summed E-state index contributed by atoms with van der Waals surface area (Å²) in [7, 11) is 0. The first-order valence-electron chi connectivity index (χ1n) is 10.8. The average Bonchev–Trinajstić information content (AvgIpc) is 3.21. The Hall–Kier alpha value is -2.21. The van der Waals surface area contributed by atoms with Crippen molar-refractivity contribution < 1.29 is 4.79 Å². The average molecular weight is 393 g/mol. The molecule has 0 aromatic heterocycles. The summed E-state index contributed by atoms with van der Waals surface area (Å²) in [6, 6.07) is 19.4. The summed E-state index contributed by atoms with van der Waals surface area (Å²) in [6.45, 7) is 5.67. The predicted octanol–water partition coefficient (Wildman–Crippen LogP) is 3.09. The first-order chi connectivity index (χ1) is 14.1. The molecular formula is C24H32N4O. The Bertz CT molecular complexity index is 823. The van der Waals surface area contributed by atoms with Gasteiger partial charge < -0.3 is 10.6 Å². The lowest BCUT2D eigenvalue weighted by Crippen LogP contribution is -2.53. The molecule has 3 unspecified atom stereocenters. The zero-order valence-electron chi connectivity index (χ0n) is 17.3. The number of hydrogen-bond acceptors (Lipinski definition) is 4. The summed E-state index contributed by atoms with van der Waals surface area (Å²) in [4.78, 5) is 14.9. The largest absolute Gasteiger partial charge is 0.341 e. The Morgan fingerprint density at radius 2 is 1.79 bits per heavy atom. The van der Waals surface area contributed by atoms with E-state index in [1.807, 2.05) is 11.0 Å². The summed E-state index contributed by atoms with van der Waals surface area (Å²) >= 11 is 0. The van der Waals surface area contributed by atoms with Crippen molar-refractivity contribution in [2.45, 2.75) is 44.8 Å². The number of rotatable bonds is 5. The maximum Gasteiger partial charge on any atom is 0.239 e. The summed E-state index contributed by atoms with van der Waals surface area (Å²) in [5.74, 6) is 0.656. The second-order valence-electron chi connectivity index (χ2n) is 8.51. The van der Waals surface area contributed by atoms with Gasteiger partial charge in [-0.15, -0.1) is 0 Å². The molecule has 2 aromatic carbocycles. The van der Waals surface area contributed by atoms with Gasteiger partial charge in [0.05, 0.1) is 12.1 Å². The van der Waals surface area contributed by atoms with E-state index in [0.717, 1.165) is 25.9 Å². The van der Waals surface area contributed by atoms with Crippen LogP contribution in [0.3, 0.4) is 0 Å². The lowest BCUT2D eigenvalue weighted by Gasteiger charge is -2.38. The highest BCUT2D eigenvalue weighted by molar-refractivity contribution is 5.82. The number of fused-ring (bicyclic) bond motifs is 1. The third kappa shape index (κ3) is 4.08. The minimum Gasteiger partial charge on any atom is -0.341 e. The molecule has 0 bridgehead atoms. The van der Waals surface area contributed by atoms with E-state index >= 15 is 0 Å². The zero-order chi connectivity index (χ0) is 20.4. The number of hydrogen-bond donors (Lipinski definition) is 3. The summed E-state index contributed by atoms with van der Waals surface area (Å²) in [6.07, 6.45) is 1.88. The number of benzene rings is 2. The number of carbonyl (C=O) groups excluding carboxylic acids is 1. The van der Waals surface area contributed by atoms with Crippen molar-refractivity contribution in [2.24, 2.45) is 17.6 Å². The van der Waals surface area contributed by atoms with Crippen LogP contribution in [0.4, 0.5) is 0 Å². The molecule has 0 radical (unpaired) electrons. The molecule has 2 aliphatic rings. The monoisotopic (exact) mass is 392 g/mol. The summed E-state index contributed by atoms with van der Waals surface area (Å²) in [5, 5.41) is 0. The molecule has 2 aliphatic heterocycles. The molecule has 154 valence electrons. The highest BCUT2D eigenvalue weighted by atomic mass is 16.2. The number of piperidine rings is 1. The zero-order valence-corrected chi connectivity index (χ0v) is 17.3. The van der Waals surface area contributed by atoms with Crippen LogP contribution in [0.5, 0.6) is 0 Å². The van der Waals surface area contributed by atoms with Gasteiger partial charge in [0.1, 0.15) is 0 Å². The Morgan fingerprint density at radius 3 is 2.48 bits per heavy atom. The highest BCUT2D eigenvalue weighted by Crippen LogP contribution is 2.35. The third-order valence-corrected chi connectivity index (χ3v) is 6.74. The molecule has 2 heterocycles. The quantitative estimate of drug-likeness (QED) is 0.731. The van der Waals surface area contributed by atoms with Gasteiger partial charge in [-0.05, 0) is 29.0 Å². The van der Waals surface area contributed by atoms with E-state index in [4.69, 9.17) is 5.73 Å². The Balaban J connectivity index is 1.47. The molecule has 2 fully saturated rings. The molecule has 2 aromatic rings. The van der Waals surface area contributed by atoms with Gasteiger partial charge in [0.2, 0.25) is 5.91 Å². The fourth-order valence-electron chi connectivity index (χ4n) is 4.56. The molecule has 2 saturated heterocycles. The van der Waals surface area contributed by atoms with Crippen molar-refractivity contribution >= 4 is 5.91 Å². The van der Waals surface area contributed by atoms with Crippen LogP contribution in [0.2, 0.25) is 0 Å². The molecule has 5 heteroatoms. The van der Waals surface area contributed by atoms with Crippen LogP contribution in [-0.2, 0) is 4.79 Å². The van der Waals surface area contributed by atoms with Crippen LogP contribution < -0.4 is 16.6 Å². The number of nitrogens with zero attached hydrogens (tertiary/aromatic N) is 1. The Labute approximate surface area is 173 Å². The lowest BCUT2D eigenvalue weighted by atomic mass is 9.84. The Morgan fingerprint density at radius 1 is 1.10 bits per heavy atom. The van der Waals surface area contributed by atoms with E-state index in [1.54, 1.807) is 0 Å². The van der Waals surface area contributed by atoms with E-state index in [1.165, 1.54) is 16.7 Å². The van der Waals surface area contributed by atoms with E-state index < -0.39 is 6.04 Å². The number of hydrazine groups is 1. The van der Waals surface area contributed by atoms with Gasteiger partial charge in [-0.3, -0.25) is 10.2 Å². The molecule has 4 N–H and O–H groups in total. The van der Waals surface area contributed by atoms with E-state index in [-0.39, 0.29) is 17.9 Å². The van der Waals surface area contributed by atoms with Gasteiger partial charge in [-0.2, -0.15) is 0 Å². The Kier molecular flexibility index (Phi) is 5.99. The second kappa shape index (κ2) is 8.66. The number of nitrogens with one attached hydrogen (secondary N) is 2. The standard InChI is InChI=1S/C24H32N4O/c1-3-16(2)22(25)24(29)28-14-13-21-20(15-28)23(27-26-21)19-11-9-18(10-12-19)17-7-5-4-6-8-17/h4-12,16,20-23,26-27H,3,13-15,25H2,1-2H3/t16-,20?,21?,22-,23?/m1/s1. The second-order valence-corrected chi connectivity index (χ2v) is 8.51. The van der Waals surface area contributed by atoms with Crippen molar-refractivity contribution in [2.75, 3.05) is 13.1 Å².